The molecule has 0 unspecified atom stereocenters. The quantitative estimate of drug-likeness (QED) is 0.287. The average molecular weight is 525 g/mol. The van der Waals surface area contributed by atoms with Crippen LogP contribution < -0.4 is 10.1 Å². The fourth-order valence-electron chi connectivity index (χ4n) is 5.45. The van der Waals surface area contributed by atoms with E-state index in [9.17, 15) is 4.39 Å². The summed E-state index contributed by atoms with van der Waals surface area (Å²) in [5.74, 6) is 0.706. The molecule has 3 N–H and O–H groups in total. The van der Waals surface area contributed by atoms with E-state index in [-0.39, 0.29) is 5.82 Å². The van der Waals surface area contributed by atoms with Crippen molar-refractivity contribution in [1.82, 2.24) is 40.3 Å². The zero-order valence-corrected chi connectivity index (χ0v) is 21.5. The van der Waals surface area contributed by atoms with Crippen LogP contribution in [0, 0.1) is 5.82 Å². The van der Waals surface area contributed by atoms with Gasteiger partial charge < -0.3 is 15.0 Å². The van der Waals surface area contributed by atoms with Crippen LogP contribution in [0.15, 0.2) is 48.7 Å². The summed E-state index contributed by atoms with van der Waals surface area (Å²) >= 11 is 0. The Bertz CT molecular complexity index is 1680. The van der Waals surface area contributed by atoms with Gasteiger partial charge in [0.2, 0.25) is 0 Å². The van der Waals surface area contributed by atoms with E-state index < -0.39 is 0 Å². The number of H-pyrrole nitrogens is 2. The minimum Gasteiger partial charge on any atom is -0.492 e. The van der Waals surface area contributed by atoms with Crippen LogP contribution in [0.4, 0.5) is 4.39 Å². The molecular weight excluding hydrogens is 495 g/mol. The van der Waals surface area contributed by atoms with Crippen molar-refractivity contribution < 1.29 is 9.13 Å². The number of hydrogen-bond acceptors (Lipinski definition) is 7. The molecule has 0 radical (unpaired) electrons. The second-order valence-electron chi connectivity index (χ2n) is 10.1. The van der Waals surface area contributed by atoms with E-state index in [2.05, 4.69) is 36.5 Å². The molecule has 4 aromatic heterocycles. The molecular formula is C29H29FN8O. The van der Waals surface area contributed by atoms with E-state index in [1.54, 1.807) is 6.20 Å². The van der Waals surface area contributed by atoms with Crippen molar-refractivity contribution >= 4 is 27.8 Å². The largest absolute Gasteiger partial charge is 0.492 e. The van der Waals surface area contributed by atoms with Crippen molar-refractivity contribution in [3.8, 4) is 28.4 Å². The highest BCUT2D eigenvalue weighted by molar-refractivity contribution is 5.95. The molecule has 0 saturated carbocycles. The van der Waals surface area contributed by atoms with E-state index >= 15 is 0 Å². The van der Waals surface area contributed by atoms with Crippen molar-refractivity contribution in [1.29, 1.82) is 0 Å². The van der Waals surface area contributed by atoms with Gasteiger partial charge in [0.05, 0.1) is 11.2 Å². The van der Waals surface area contributed by atoms with Crippen LogP contribution in [0.25, 0.3) is 50.4 Å². The number of benzene rings is 1. The maximum atomic E-state index is 14.7. The number of nitrogens with one attached hydrogen (secondary N) is 3. The maximum Gasteiger partial charge on any atom is 0.162 e. The van der Waals surface area contributed by atoms with E-state index in [1.165, 1.54) is 30.5 Å². The normalized spacial score (nSPS) is 16.3. The Kier molecular flexibility index (Phi) is 6.26. The molecule has 5 aromatic rings. The first-order valence-corrected chi connectivity index (χ1v) is 13.5. The molecule has 9 nitrogen and oxygen atoms in total. The van der Waals surface area contributed by atoms with Crippen molar-refractivity contribution in [2.45, 2.75) is 19.3 Å². The number of likely N-dealkylation sites (tertiary alicyclic amines) is 1. The number of rotatable bonds is 7. The Hall–Kier alpha value is -4.15. The molecule has 10 heteroatoms. The highest BCUT2D eigenvalue weighted by atomic mass is 19.1. The molecule has 7 rings (SSSR count). The molecule has 2 aliphatic heterocycles. The smallest absolute Gasteiger partial charge is 0.162 e. The maximum absolute atomic E-state index is 14.7. The number of hydrogen-bond donors (Lipinski definition) is 3. The summed E-state index contributed by atoms with van der Waals surface area (Å²) in [6.07, 6.45) is 7.27. The zero-order valence-electron chi connectivity index (χ0n) is 21.5. The van der Waals surface area contributed by atoms with Crippen molar-refractivity contribution in [2.75, 3.05) is 39.3 Å². The fraction of sp³-hybridized carbons (Fsp3) is 0.310. The first kappa shape index (κ1) is 23.9. The first-order chi connectivity index (χ1) is 19.2. The Labute approximate surface area is 224 Å². The van der Waals surface area contributed by atoms with Gasteiger partial charge in [-0.3, -0.25) is 10.00 Å². The molecule has 2 aliphatic rings. The number of nitrogens with zero attached hydrogens (tertiary/aromatic N) is 5. The minimum absolute atomic E-state index is 0.355. The average Bonchev–Trinajstić information content (AvgIpc) is 3.72. The summed E-state index contributed by atoms with van der Waals surface area (Å²) in [5, 5.41) is 10.9. The van der Waals surface area contributed by atoms with Crippen LogP contribution in [0.2, 0.25) is 0 Å². The number of aromatic nitrogens is 6. The molecule has 1 aromatic carbocycles. The summed E-state index contributed by atoms with van der Waals surface area (Å²) in [6.45, 7) is 5.35. The van der Waals surface area contributed by atoms with Crippen LogP contribution in [0.5, 0.6) is 5.75 Å². The van der Waals surface area contributed by atoms with Gasteiger partial charge in [0.15, 0.2) is 17.2 Å². The van der Waals surface area contributed by atoms with Gasteiger partial charge in [-0.15, -0.1) is 0 Å². The Balaban J connectivity index is 1.22. The molecule has 39 heavy (non-hydrogen) atoms. The van der Waals surface area contributed by atoms with Crippen LogP contribution in [-0.2, 0) is 0 Å². The molecule has 1 saturated heterocycles. The molecule has 198 valence electrons. The van der Waals surface area contributed by atoms with Crippen molar-refractivity contribution in [3.05, 3.63) is 60.2 Å². The van der Waals surface area contributed by atoms with Crippen molar-refractivity contribution in [2.24, 2.45) is 0 Å². The predicted octanol–water partition coefficient (Wildman–Crippen LogP) is 4.55. The molecule has 6 heterocycles. The molecule has 0 bridgehead atoms. The van der Waals surface area contributed by atoms with E-state index in [0.717, 1.165) is 61.4 Å². The topological polar surface area (TPSA) is 108 Å². The standard InChI is InChI=1S/C29H29FN8O/c30-20-15-19(16-21(17-20)39-14-13-38-11-1-2-12-38)22-7-10-32-28-25(22)34-29(35-28)27-26-24(36-37-27)4-3-23(33-26)18-5-8-31-9-6-18/h3-5,7,10,15-17,31H,1-2,6,8-9,11-14H2,(H,36,37)(H,32,34,35). The second-order valence-corrected chi connectivity index (χ2v) is 10.1. The summed E-state index contributed by atoms with van der Waals surface area (Å²) < 4.78 is 20.6. The summed E-state index contributed by atoms with van der Waals surface area (Å²) in [4.78, 5) is 19.9. The lowest BCUT2D eigenvalue weighted by Gasteiger charge is -2.15. The Morgan fingerprint density at radius 1 is 1.03 bits per heavy atom. The van der Waals surface area contributed by atoms with Crippen LogP contribution in [-0.4, -0.2) is 74.4 Å². The fourth-order valence-corrected chi connectivity index (χ4v) is 5.45. The monoisotopic (exact) mass is 524 g/mol. The van der Waals surface area contributed by atoms with Gasteiger partial charge in [-0.05, 0) is 80.4 Å². The second kappa shape index (κ2) is 10.2. The number of imidazole rings is 1. The molecule has 0 amide bonds. The third kappa shape index (κ3) is 4.77. The van der Waals surface area contributed by atoms with Crippen LogP contribution in [0.1, 0.15) is 25.0 Å². The van der Waals surface area contributed by atoms with E-state index in [4.69, 9.17) is 14.7 Å². The number of fused-ring (bicyclic) bond motifs is 2. The van der Waals surface area contributed by atoms with E-state index in [0.29, 0.717) is 40.6 Å². The van der Waals surface area contributed by atoms with Crippen LogP contribution >= 0.6 is 0 Å². The lowest BCUT2D eigenvalue weighted by atomic mass is 10.1. The number of ether oxygens (including phenoxy) is 1. The minimum atomic E-state index is -0.355. The van der Waals surface area contributed by atoms with Gasteiger partial charge in [0.25, 0.3) is 0 Å². The highest BCUT2D eigenvalue weighted by Gasteiger charge is 2.19. The molecule has 1 fully saturated rings. The highest BCUT2D eigenvalue weighted by Crippen LogP contribution is 2.33. The first-order valence-electron chi connectivity index (χ1n) is 13.5. The summed E-state index contributed by atoms with van der Waals surface area (Å²) in [5.41, 5.74) is 7.03. The summed E-state index contributed by atoms with van der Waals surface area (Å²) in [7, 11) is 0. The van der Waals surface area contributed by atoms with Gasteiger partial charge in [0.1, 0.15) is 29.2 Å². The van der Waals surface area contributed by atoms with Gasteiger partial charge in [-0.1, -0.05) is 6.08 Å². The molecule has 0 aliphatic carbocycles. The lowest BCUT2D eigenvalue weighted by molar-refractivity contribution is 0.237. The SMILES string of the molecule is Fc1cc(OCCN2CCCC2)cc(-c2ccnc3[nH]c(-c4n[nH]c5ccc(C6=CCNCC6)nc45)nc23)c1. The molecule has 0 spiro atoms. The van der Waals surface area contributed by atoms with Gasteiger partial charge in [-0.25, -0.2) is 19.3 Å². The lowest BCUT2D eigenvalue weighted by Crippen LogP contribution is -2.25. The van der Waals surface area contributed by atoms with Crippen LogP contribution in [0.3, 0.4) is 0 Å². The Morgan fingerprint density at radius 2 is 1.95 bits per heavy atom. The van der Waals surface area contributed by atoms with E-state index in [1.807, 2.05) is 24.3 Å². The summed E-state index contributed by atoms with van der Waals surface area (Å²) in [6, 6.07) is 10.7. The number of halogens is 1. The molecule has 0 atom stereocenters. The third-order valence-corrected chi connectivity index (χ3v) is 7.47. The van der Waals surface area contributed by atoms with Gasteiger partial charge in [0, 0.05) is 30.9 Å². The Morgan fingerprint density at radius 3 is 2.82 bits per heavy atom. The van der Waals surface area contributed by atoms with Gasteiger partial charge >= 0.3 is 0 Å². The third-order valence-electron chi connectivity index (χ3n) is 7.47. The van der Waals surface area contributed by atoms with Gasteiger partial charge in [-0.2, -0.15) is 5.10 Å². The van der Waals surface area contributed by atoms with Crippen molar-refractivity contribution in [3.63, 3.8) is 0 Å². The number of aromatic amines is 2. The number of pyridine rings is 2. The predicted molar refractivity (Wildman–Crippen MR) is 149 cm³/mol. The zero-order chi connectivity index (χ0) is 26.2.